The van der Waals surface area contributed by atoms with Gasteiger partial charge in [-0.05, 0) is 41.0 Å². The van der Waals surface area contributed by atoms with Crippen molar-refractivity contribution in [2.75, 3.05) is 20.2 Å². The Bertz CT molecular complexity index is 454. The number of hydrogen-bond donors (Lipinski definition) is 1. The SMILES string of the molecule is CC=CCC(NC(=O)CCN(C)C(=O)OC(C)(C)C)C(=O)OCC. The summed E-state index contributed by atoms with van der Waals surface area (Å²) >= 11 is 0. The number of carbonyl (C=O) groups is 3. The van der Waals surface area contributed by atoms with Gasteiger partial charge >= 0.3 is 12.1 Å². The number of esters is 1. The van der Waals surface area contributed by atoms with E-state index in [0.717, 1.165) is 0 Å². The summed E-state index contributed by atoms with van der Waals surface area (Å²) < 4.78 is 10.2. The van der Waals surface area contributed by atoms with Crippen molar-refractivity contribution in [3.05, 3.63) is 12.2 Å². The van der Waals surface area contributed by atoms with E-state index in [1.807, 2.05) is 6.92 Å². The Morgan fingerprint density at radius 1 is 1.25 bits per heavy atom. The molecule has 138 valence electrons. The lowest BCUT2D eigenvalue weighted by Crippen LogP contribution is -2.43. The smallest absolute Gasteiger partial charge is 0.410 e. The monoisotopic (exact) mass is 342 g/mol. The Balaban J connectivity index is 4.47. The van der Waals surface area contributed by atoms with Gasteiger partial charge in [-0.15, -0.1) is 0 Å². The summed E-state index contributed by atoms with van der Waals surface area (Å²) in [5.41, 5.74) is -0.588. The van der Waals surface area contributed by atoms with Gasteiger partial charge in [-0.1, -0.05) is 12.2 Å². The number of hydrogen-bond acceptors (Lipinski definition) is 5. The number of amides is 2. The lowest BCUT2D eigenvalue weighted by atomic mass is 10.2. The van der Waals surface area contributed by atoms with Gasteiger partial charge in [0.1, 0.15) is 11.6 Å². The first-order chi connectivity index (χ1) is 11.1. The number of nitrogens with one attached hydrogen (secondary N) is 1. The Kier molecular flexibility index (Phi) is 9.76. The molecule has 1 unspecified atom stereocenters. The van der Waals surface area contributed by atoms with Crippen LogP contribution in [0.1, 0.15) is 47.5 Å². The van der Waals surface area contributed by atoms with Gasteiger partial charge in [-0.25, -0.2) is 9.59 Å². The van der Waals surface area contributed by atoms with Crippen LogP contribution in [0, 0.1) is 0 Å². The molecule has 0 heterocycles. The van der Waals surface area contributed by atoms with Crippen LogP contribution >= 0.6 is 0 Å². The van der Waals surface area contributed by atoms with Crippen molar-refractivity contribution < 1.29 is 23.9 Å². The van der Waals surface area contributed by atoms with Gasteiger partial charge in [0.25, 0.3) is 0 Å². The molecule has 0 spiro atoms. The van der Waals surface area contributed by atoms with Gasteiger partial charge in [0.15, 0.2) is 0 Å². The van der Waals surface area contributed by atoms with Crippen molar-refractivity contribution in [1.29, 1.82) is 0 Å². The van der Waals surface area contributed by atoms with Gasteiger partial charge in [0.2, 0.25) is 5.91 Å². The molecule has 0 bridgehead atoms. The fourth-order valence-corrected chi connectivity index (χ4v) is 1.70. The van der Waals surface area contributed by atoms with Crippen molar-refractivity contribution in [3.63, 3.8) is 0 Å². The van der Waals surface area contributed by atoms with Crippen LogP contribution in [-0.2, 0) is 19.1 Å². The Morgan fingerprint density at radius 2 is 1.88 bits per heavy atom. The van der Waals surface area contributed by atoms with Crippen LogP contribution in [0.2, 0.25) is 0 Å². The van der Waals surface area contributed by atoms with Crippen LogP contribution in [0.3, 0.4) is 0 Å². The van der Waals surface area contributed by atoms with E-state index in [-0.39, 0.29) is 25.5 Å². The molecule has 0 aliphatic heterocycles. The molecule has 0 aliphatic carbocycles. The highest BCUT2D eigenvalue weighted by Crippen LogP contribution is 2.09. The van der Waals surface area contributed by atoms with Gasteiger partial charge in [-0.2, -0.15) is 0 Å². The first-order valence-electron chi connectivity index (χ1n) is 8.12. The summed E-state index contributed by atoms with van der Waals surface area (Å²) in [7, 11) is 1.56. The molecule has 0 aliphatic rings. The molecule has 0 rings (SSSR count). The maximum Gasteiger partial charge on any atom is 0.410 e. The average molecular weight is 342 g/mol. The Morgan fingerprint density at radius 3 is 2.38 bits per heavy atom. The summed E-state index contributed by atoms with van der Waals surface area (Å²) in [6.45, 7) is 9.31. The van der Waals surface area contributed by atoms with Gasteiger partial charge in [0, 0.05) is 20.0 Å². The third-order valence-electron chi connectivity index (χ3n) is 2.89. The van der Waals surface area contributed by atoms with E-state index < -0.39 is 23.7 Å². The van der Waals surface area contributed by atoms with Crippen molar-refractivity contribution in [2.24, 2.45) is 0 Å². The van der Waals surface area contributed by atoms with Crippen LogP contribution < -0.4 is 5.32 Å². The lowest BCUT2D eigenvalue weighted by molar-refractivity contribution is -0.147. The van der Waals surface area contributed by atoms with Crippen LogP contribution in [0.15, 0.2) is 12.2 Å². The Hall–Kier alpha value is -2.05. The standard InChI is InChI=1S/C17H30N2O5/c1-7-9-10-13(15(21)23-8-2)18-14(20)11-12-19(6)16(22)24-17(3,4)5/h7,9,13H,8,10-12H2,1-6H3,(H,18,20). The number of rotatable bonds is 8. The van der Waals surface area contributed by atoms with Crippen LogP contribution in [0.25, 0.3) is 0 Å². The molecule has 1 N–H and O–H groups in total. The molecule has 0 saturated carbocycles. The number of allylic oxidation sites excluding steroid dienone is 1. The minimum atomic E-state index is -0.722. The van der Waals surface area contributed by atoms with E-state index >= 15 is 0 Å². The molecule has 7 heteroatoms. The summed E-state index contributed by atoms with van der Waals surface area (Å²) in [4.78, 5) is 37.0. The van der Waals surface area contributed by atoms with Crippen molar-refractivity contribution in [2.45, 2.75) is 59.1 Å². The quantitative estimate of drug-likeness (QED) is 0.540. The summed E-state index contributed by atoms with van der Waals surface area (Å²) in [5.74, 6) is -0.794. The number of ether oxygens (including phenoxy) is 2. The van der Waals surface area contributed by atoms with E-state index in [9.17, 15) is 14.4 Å². The third-order valence-corrected chi connectivity index (χ3v) is 2.89. The minimum absolute atomic E-state index is 0.0709. The molecule has 0 aromatic carbocycles. The van der Waals surface area contributed by atoms with Crippen LogP contribution in [-0.4, -0.2) is 54.7 Å². The number of carbonyl (C=O) groups excluding carboxylic acids is 3. The Labute approximate surface area is 144 Å². The maximum absolute atomic E-state index is 12.0. The van der Waals surface area contributed by atoms with E-state index in [1.54, 1.807) is 46.9 Å². The molecule has 0 radical (unpaired) electrons. The van der Waals surface area contributed by atoms with Gasteiger partial charge in [0.05, 0.1) is 6.61 Å². The van der Waals surface area contributed by atoms with Crippen LogP contribution in [0.5, 0.6) is 0 Å². The third kappa shape index (κ3) is 9.86. The minimum Gasteiger partial charge on any atom is -0.464 e. The largest absolute Gasteiger partial charge is 0.464 e. The zero-order valence-electron chi connectivity index (χ0n) is 15.5. The van der Waals surface area contributed by atoms with Crippen molar-refractivity contribution in [1.82, 2.24) is 10.2 Å². The highest BCUT2D eigenvalue weighted by molar-refractivity contribution is 5.84. The van der Waals surface area contributed by atoms with Crippen LogP contribution in [0.4, 0.5) is 4.79 Å². The zero-order chi connectivity index (χ0) is 18.8. The predicted octanol–water partition coefficient (Wildman–Crippen LogP) is 2.26. The molecule has 0 fully saturated rings. The van der Waals surface area contributed by atoms with E-state index in [4.69, 9.17) is 9.47 Å². The average Bonchev–Trinajstić information content (AvgIpc) is 2.47. The summed E-state index contributed by atoms with van der Waals surface area (Å²) in [6, 6.07) is -0.722. The summed E-state index contributed by atoms with van der Waals surface area (Å²) in [5, 5.41) is 2.64. The molecule has 2 amide bonds. The lowest BCUT2D eigenvalue weighted by Gasteiger charge is -2.24. The fraction of sp³-hybridized carbons (Fsp3) is 0.706. The highest BCUT2D eigenvalue weighted by atomic mass is 16.6. The second kappa shape index (κ2) is 10.7. The van der Waals surface area contributed by atoms with Gasteiger partial charge in [-0.3, -0.25) is 4.79 Å². The first kappa shape index (κ1) is 21.9. The summed E-state index contributed by atoms with van der Waals surface area (Å²) in [6.07, 6.45) is 3.53. The topological polar surface area (TPSA) is 84.9 Å². The molecular formula is C17H30N2O5. The first-order valence-corrected chi connectivity index (χ1v) is 8.12. The maximum atomic E-state index is 12.0. The van der Waals surface area contributed by atoms with Gasteiger partial charge < -0.3 is 19.7 Å². The second-order valence-electron chi connectivity index (χ2n) is 6.33. The fourth-order valence-electron chi connectivity index (χ4n) is 1.70. The predicted molar refractivity (Wildman–Crippen MR) is 91.5 cm³/mol. The molecular weight excluding hydrogens is 312 g/mol. The molecule has 24 heavy (non-hydrogen) atoms. The van der Waals surface area contributed by atoms with E-state index in [0.29, 0.717) is 6.42 Å². The van der Waals surface area contributed by atoms with Crippen molar-refractivity contribution in [3.8, 4) is 0 Å². The molecule has 0 saturated heterocycles. The zero-order valence-corrected chi connectivity index (χ0v) is 15.5. The second-order valence-corrected chi connectivity index (χ2v) is 6.33. The molecule has 0 aromatic rings. The van der Waals surface area contributed by atoms with Crippen molar-refractivity contribution >= 4 is 18.0 Å². The van der Waals surface area contributed by atoms with E-state index in [2.05, 4.69) is 5.32 Å². The number of nitrogens with zero attached hydrogens (tertiary/aromatic N) is 1. The molecule has 0 aromatic heterocycles. The molecule has 7 nitrogen and oxygen atoms in total. The highest BCUT2D eigenvalue weighted by Gasteiger charge is 2.22. The van der Waals surface area contributed by atoms with E-state index in [1.165, 1.54) is 4.90 Å². The molecule has 1 atom stereocenters. The normalized spacial score (nSPS) is 12.6.